The van der Waals surface area contributed by atoms with E-state index >= 15 is 0 Å². The number of halogens is 1. The molecule has 0 bridgehead atoms. The third kappa shape index (κ3) is 2.84. The lowest BCUT2D eigenvalue weighted by molar-refractivity contribution is -0.143. The second-order valence-corrected chi connectivity index (χ2v) is 4.31. The summed E-state index contributed by atoms with van der Waals surface area (Å²) >= 11 is 5.63. The maximum Gasteiger partial charge on any atom is 0.240 e. The molecule has 1 aliphatic heterocycles. The SMILES string of the molecule is CC(CCl)C(=O)N1CCCCC1C(N)=O. The van der Waals surface area contributed by atoms with E-state index in [-0.39, 0.29) is 17.7 Å². The number of carbonyl (C=O) groups is 2. The van der Waals surface area contributed by atoms with Crippen LogP contribution in [0.5, 0.6) is 0 Å². The number of alkyl halides is 1. The Morgan fingerprint density at radius 3 is 2.73 bits per heavy atom. The minimum atomic E-state index is -0.433. The van der Waals surface area contributed by atoms with E-state index in [1.807, 2.05) is 0 Å². The first-order chi connectivity index (χ1) is 7.07. The molecule has 4 nitrogen and oxygen atoms in total. The van der Waals surface area contributed by atoms with Crippen LogP contribution in [-0.4, -0.2) is 35.2 Å². The minimum Gasteiger partial charge on any atom is -0.368 e. The molecular formula is C10H17ClN2O2. The summed E-state index contributed by atoms with van der Waals surface area (Å²) in [5.74, 6) is -0.439. The Bertz CT molecular complexity index is 258. The van der Waals surface area contributed by atoms with Crippen LogP contribution < -0.4 is 5.73 Å². The van der Waals surface area contributed by atoms with Gasteiger partial charge < -0.3 is 10.6 Å². The summed E-state index contributed by atoms with van der Waals surface area (Å²) in [4.78, 5) is 24.6. The quantitative estimate of drug-likeness (QED) is 0.729. The average Bonchev–Trinajstić information content (AvgIpc) is 2.27. The number of hydrogen-bond acceptors (Lipinski definition) is 2. The predicted octanol–water partition coefficient (Wildman–Crippen LogP) is 0.728. The first-order valence-electron chi connectivity index (χ1n) is 5.23. The van der Waals surface area contributed by atoms with Crippen LogP contribution in [0.3, 0.4) is 0 Å². The Balaban J connectivity index is 2.71. The summed E-state index contributed by atoms with van der Waals surface area (Å²) in [5.41, 5.74) is 5.27. The third-order valence-electron chi connectivity index (χ3n) is 2.77. The van der Waals surface area contributed by atoms with E-state index in [0.29, 0.717) is 13.0 Å². The number of piperidine rings is 1. The van der Waals surface area contributed by atoms with Gasteiger partial charge in [-0.05, 0) is 19.3 Å². The van der Waals surface area contributed by atoms with Crippen molar-refractivity contribution >= 4 is 23.4 Å². The van der Waals surface area contributed by atoms with Gasteiger partial charge in [-0.25, -0.2) is 0 Å². The topological polar surface area (TPSA) is 63.4 Å². The number of nitrogens with zero attached hydrogens (tertiary/aromatic N) is 1. The second-order valence-electron chi connectivity index (χ2n) is 4.00. The van der Waals surface area contributed by atoms with Crippen LogP contribution >= 0.6 is 11.6 Å². The van der Waals surface area contributed by atoms with Gasteiger partial charge in [0.05, 0.1) is 0 Å². The largest absolute Gasteiger partial charge is 0.368 e. The van der Waals surface area contributed by atoms with Crippen LogP contribution in [0.2, 0.25) is 0 Å². The highest BCUT2D eigenvalue weighted by atomic mass is 35.5. The Morgan fingerprint density at radius 1 is 1.53 bits per heavy atom. The van der Waals surface area contributed by atoms with Crippen molar-refractivity contribution in [3.8, 4) is 0 Å². The van der Waals surface area contributed by atoms with Crippen molar-refractivity contribution in [3.63, 3.8) is 0 Å². The van der Waals surface area contributed by atoms with E-state index in [4.69, 9.17) is 17.3 Å². The number of amides is 2. The van der Waals surface area contributed by atoms with Crippen LogP contribution in [-0.2, 0) is 9.59 Å². The van der Waals surface area contributed by atoms with Gasteiger partial charge in [-0.2, -0.15) is 0 Å². The number of nitrogens with two attached hydrogens (primary N) is 1. The number of likely N-dealkylation sites (tertiary alicyclic amines) is 1. The highest BCUT2D eigenvalue weighted by molar-refractivity contribution is 6.19. The molecule has 1 aliphatic rings. The van der Waals surface area contributed by atoms with E-state index in [9.17, 15) is 9.59 Å². The molecule has 1 saturated heterocycles. The van der Waals surface area contributed by atoms with Gasteiger partial charge in [-0.3, -0.25) is 9.59 Å². The van der Waals surface area contributed by atoms with E-state index in [1.54, 1.807) is 11.8 Å². The first-order valence-corrected chi connectivity index (χ1v) is 5.77. The number of rotatable bonds is 3. The Labute approximate surface area is 94.7 Å². The summed E-state index contributed by atoms with van der Waals surface area (Å²) in [6.07, 6.45) is 2.56. The molecule has 0 spiro atoms. The maximum atomic E-state index is 11.9. The number of carbonyl (C=O) groups excluding carboxylic acids is 2. The van der Waals surface area contributed by atoms with E-state index < -0.39 is 11.9 Å². The zero-order valence-corrected chi connectivity index (χ0v) is 9.67. The van der Waals surface area contributed by atoms with Crippen molar-refractivity contribution in [1.82, 2.24) is 4.90 Å². The van der Waals surface area contributed by atoms with Crippen LogP contribution in [0.25, 0.3) is 0 Å². The van der Waals surface area contributed by atoms with Crippen molar-refractivity contribution in [2.75, 3.05) is 12.4 Å². The molecule has 2 unspecified atom stereocenters. The van der Waals surface area contributed by atoms with Crippen molar-refractivity contribution in [2.45, 2.75) is 32.2 Å². The number of primary amides is 1. The van der Waals surface area contributed by atoms with Gasteiger partial charge in [0.25, 0.3) is 0 Å². The maximum absolute atomic E-state index is 11.9. The molecule has 15 heavy (non-hydrogen) atoms. The Morgan fingerprint density at radius 2 is 2.20 bits per heavy atom. The van der Waals surface area contributed by atoms with Crippen LogP contribution in [0.1, 0.15) is 26.2 Å². The Hall–Kier alpha value is -0.770. The standard InChI is InChI=1S/C10H17ClN2O2/c1-7(6-11)10(15)13-5-3-2-4-8(13)9(12)14/h7-8H,2-6H2,1H3,(H2,12,14). The van der Waals surface area contributed by atoms with Crippen molar-refractivity contribution in [3.05, 3.63) is 0 Å². The molecule has 0 aliphatic carbocycles. The molecule has 0 radical (unpaired) electrons. The molecule has 5 heteroatoms. The van der Waals surface area contributed by atoms with Crippen molar-refractivity contribution in [1.29, 1.82) is 0 Å². The summed E-state index contributed by atoms with van der Waals surface area (Å²) in [6, 6.07) is -0.433. The van der Waals surface area contributed by atoms with Gasteiger partial charge >= 0.3 is 0 Å². The fraction of sp³-hybridized carbons (Fsp3) is 0.800. The molecule has 2 N–H and O–H groups in total. The Kier molecular flexibility index (Phi) is 4.39. The van der Waals surface area contributed by atoms with Crippen LogP contribution in [0, 0.1) is 5.92 Å². The summed E-state index contributed by atoms with van der Waals surface area (Å²) in [7, 11) is 0. The lowest BCUT2D eigenvalue weighted by Crippen LogP contribution is -2.52. The summed E-state index contributed by atoms with van der Waals surface area (Å²) in [5, 5.41) is 0. The van der Waals surface area contributed by atoms with Gasteiger partial charge in [0.15, 0.2) is 0 Å². The van der Waals surface area contributed by atoms with Gasteiger partial charge in [-0.1, -0.05) is 6.92 Å². The summed E-state index contributed by atoms with van der Waals surface area (Å²) in [6.45, 7) is 2.38. The molecule has 0 saturated carbocycles. The van der Waals surface area contributed by atoms with Gasteiger partial charge in [0.2, 0.25) is 11.8 Å². The molecule has 1 heterocycles. The van der Waals surface area contributed by atoms with E-state index in [2.05, 4.69) is 0 Å². The zero-order valence-electron chi connectivity index (χ0n) is 8.91. The number of hydrogen-bond donors (Lipinski definition) is 1. The minimum absolute atomic E-state index is 0.0616. The molecule has 1 fully saturated rings. The highest BCUT2D eigenvalue weighted by Crippen LogP contribution is 2.19. The van der Waals surface area contributed by atoms with Crippen molar-refractivity contribution < 1.29 is 9.59 Å². The van der Waals surface area contributed by atoms with Crippen LogP contribution in [0.4, 0.5) is 0 Å². The molecule has 2 atom stereocenters. The molecule has 0 aromatic heterocycles. The monoisotopic (exact) mass is 232 g/mol. The van der Waals surface area contributed by atoms with E-state index in [0.717, 1.165) is 12.8 Å². The molecule has 1 rings (SSSR count). The fourth-order valence-corrected chi connectivity index (χ4v) is 1.97. The third-order valence-corrected chi connectivity index (χ3v) is 3.23. The molecule has 86 valence electrons. The normalized spacial score (nSPS) is 23.6. The highest BCUT2D eigenvalue weighted by Gasteiger charge is 2.32. The lowest BCUT2D eigenvalue weighted by Gasteiger charge is -2.35. The van der Waals surface area contributed by atoms with Crippen LogP contribution in [0.15, 0.2) is 0 Å². The van der Waals surface area contributed by atoms with Crippen molar-refractivity contribution in [2.24, 2.45) is 11.7 Å². The first kappa shape index (κ1) is 12.3. The lowest BCUT2D eigenvalue weighted by atomic mass is 9.99. The van der Waals surface area contributed by atoms with Gasteiger partial charge in [-0.15, -0.1) is 11.6 Å². The average molecular weight is 233 g/mol. The molecule has 0 aromatic carbocycles. The molecule has 2 amide bonds. The predicted molar refractivity (Wildman–Crippen MR) is 58.4 cm³/mol. The smallest absolute Gasteiger partial charge is 0.240 e. The molecule has 0 aromatic rings. The summed E-state index contributed by atoms with van der Waals surface area (Å²) < 4.78 is 0. The molecular weight excluding hydrogens is 216 g/mol. The van der Waals surface area contributed by atoms with E-state index in [1.165, 1.54) is 0 Å². The second kappa shape index (κ2) is 5.35. The van der Waals surface area contributed by atoms with Gasteiger partial charge in [0, 0.05) is 18.3 Å². The van der Waals surface area contributed by atoms with Gasteiger partial charge in [0.1, 0.15) is 6.04 Å². The zero-order chi connectivity index (χ0) is 11.4. The fourth-order valence-electron chi connectivity index (χ4n) is 1.84.